The second-order valence-corrected chi connectivity index (χ2v) is 13.3. The van der Waals surface area contributed by atoms with Gasteiger partial charge in [-0.3, -0.25) is 10.2 Å². The van der Waals surface area contributed by atoms with Crippen molar-refractivity contribution >= 4 is 27.3 Å². The molecular weight excluding hydrogens is 632 g/mol. The van der Waals surface area contributed by atoms with Crippen molar-refractivity contribution in [1.82, 2.24) is 10.9 Å². The Labute approximate surface area is 279 Å². The minimum atomic E-state index is -3.85. The number of sulfone groups is 1. The SMILES string of the molecule is Cc1cccc(CNNC(=O)[C@@]2(CCS(=O)(=O)c3ccccc3)N=C(c3ccc(OCCCO)cc3)O[C@H]2c2ccccc2N=[N+]=[N-])c1. The van der Waals surface area contributed by atoms with Crippen LogP contribution in [0.3, 0.4) is 0 Å². The quantitative estimate of drug-likeness (QED) is 0.0483. The topological polar surface area (TPSA) is 175 Å². The number of aliphatic hydroxyl groups is 1. The molecule has 48 heavy (non-hydrogen) atoms. The standard InChI is InChI=1S/C35H36N6O6S/c1-25-9-7-10-26(23-25)24-37-40-34(43)35(19-22-48(44,45)29-11-3-2-4-12-29)32(30-13-5-6-14-31(30)39-41-36)47-33(38-35)27-15-17-28(18-16-27)46-21-8-20-42/h2-7,9-18,23,32,37,42H,8,19-22,24H2,1H3,(H,40,43)/t32-,35-/m0/s1. The van der Waals surface area contributed by atoms with Gasteiger partial charge in [0, 0.05) is 47.7 Å². The number of carbonyl (C=O) groups is 1. The molecule has 0 fully saturated rings. The minimum Gasteiger partial charge on any atom is -0.494 e. The lowest BCUT2D eigenvalue weighted by Gasteiger charge is -2.31. The van der Waals surface area contributed by atoms with Crippen molar-refractivity contribution in [1.29, 1.82) is 0 Å². The van der Waals surface area contributed by atoms with Crippen LogP contribution in [-0.2, 0) is 25.9 Å². The average molecular weight is 669 g/mol. The third-order valence-corrected chi connectivity index (χ3v) is 9.56. The Hall–Kier alpha value is -5.20. The van der Waals surface area contributed by atoms with Gasteiger partial charge in [0.1, 0.15) is 5.75 Å². The van der Waals surface area contributed by atoms with Gasteiger partial charge in [-0.2, -0.15) is 0 Å². The molecule has 1 aliphatic rings. The lowest BCUT2D eigenvalue weighted by molar-refractivity contribution is -0.130. The highest BCUT2D eigenvalue weighted by atomic mass is 32.2. The summed E-state index contributed by atoms with van der Waals surface area (Å²) < 4.78 is 39.2. The molecule has 0 saturated heterocycles. The largest absolute Gasteiger partial charge is 0.494 e. The lowest BCUT2D eigenvalue weighted by atomic mass is 9.84. The summed E-state index contributed by atoms with van der Waals surface area (Å²) in [5.41, 5.74) is 16.3. The predicted molar refractivity (Wildman–Crippen MR) is 181 cm³/mol. The van der Waals surface area contributed by atoms with Gasteiger partial charge < -0.3 is 14.6 Å². The summed E-state index contributed by atoms with van der Waals surface area (Å²) in [6.07, 6.45) is -0.948. The Kier molecular flexibility index (Phi) is 11.1. The molecule has 1 heterocycles. The first-order valence-electron chi connectivity index (χ1n) is 15.4. The fraction of sp³-hybridized carbons (Fsp3) is 0.257. The molecule has 248 valence electrons. The zero-order valence-corrected chi connectivity index (χ0v) is 27.1. The van der Waals surface area contributed by atoms with E-state index in [1.54, 1.807) is 66.7 Å². The van der Waals surface area contributed by atoms with Gasteiger partial charge in [-0.25, -0.2) is 18.8 Å². The van der Waals surface area contributed by atoms with Crippen molar-refractivity contribution in [3.63, 3.8) is 0 Å². The van der Waals surface area contributed by atoms with Crippen LogP contribution in [0.5, 0.6) is 5.75 Å². The monoisotopic (exact) mass is 668 g/mol. The summed E-state index contributed by atoms with van der Waals surface area (Å²) in [6, 6.07) is 29.3. The third kappa shape index (κ3) is 8.01. The molecular formula is C35H36N6O6S. The van der Waals surface area contributed by atoms with Crippen LogP contribution in [-0.4, -0.2) is 49.8 Å². The molecule has 2 atom stereocenters. The van der Waals surface area contributed by atoms with E-state index >= 15 is 0 Å². The van der Waals surface area contributed by atoms with Crippen molar-refractivity contribution in [2.24, 2.45) is 10.1 Å². The van der Waals surface area contributed by atoms with Crippen molar-refractivity contribution in [2.45, 2.75) is 42.8 Å². The molecule has 1 amide bonds. The summed E-state index contributed by atoms with van der Waals surface area (Å²) in [6.45, 7) is 2.60. The van der Waals surface area contributed by atoms with Crippen LogP contribution in [0.2, 0.25) is 0 Å². The predicted octanol–water partition coefficient (Wildman–Crippen LogP) is 5.64. The highest BCUT2D eigenvalue weighted by molar-refractivity contribution is 7.91. The Balaban J connectivity index is 1.56. The number of aliphatic hydroxyl groups excluding tert-OH is 1. The maximum atomic E-state index is 14.4. The second-order valence-electron chi connectivity index (χ2n) is 11.2. The van der Waals surface area contributed by atoms with Crippen molar-refractivity contribution in [2.75, 3.05) is 19.0 Å². The molecule has 3 N–H and O–H groups in total. The minimum absolute atomic E-state index is 0.00538. The van der Waals surface area contributed by atoms with E-state index in [9.17, 15) is 18.7 Å². The fourth-order valence-electron chi connectivity index (χ4n) is 5.39. The van der Waals surface area contributed by atoms with E-state index in [0.717, 1.165) is 11.1 Å². The number of rotatable bonds is 15. The van der Waals surface area contributed by atoms with Crippen molar-refractivity contribution in [3.05, 3.63) is 136 Å². The van der Waals surface area contributed by atoms with Gasteiger partial charge in [0.05, 0.1) is 17.3 Å². The smallest absolute Gasteiger partial charge is 0.266 e. The molecule has 1 aliphatic heterocycles. The molecule has 0 aliphatic carbocycles. The van der Waals surface area contributed by atoms with Crippen LogP contribution in [0.1, 0.15) is 41.2 Å². The molecule has 0 radical (unpaired) electrons. The van der Waals surface area contributed by atoms with Crippen molar-refractivity contribution in [3.8, 4) is 5.75 Å². The summed E-state index contributed by atoms with van der Waals surface area (Å²) >= 11 is 0. The lowest BCUT2D eigenvalue weighted by Crippen LogP contribution is -2.53. The second kappa shape index (κ2) is 15.6. The van der Waals surface area contributed by atoms with Crippen LogP contribution < -0.4 is 15.6 Å². The van der Waals surface area contributed by atoms with E-state index in [2.05, 4.69) is 20.9 Å². The summed E-state index contributed by atoms with van der Waals surface area (Å²) in [5.74, 6) is -0.392. The van der Waals surface area contributed by atoms with Gasteiger partial charge in [0.25, 0.3) is 5.91 Å². The van der Waals surface area contributed by atoms with Gasteiger partial charge in [0.2, 0.25) is 5.90 Å². The van der Waals surface area contributed by atoms with Crippen LogP contribution in [0, 0.1) is 6.92 Å². The highest BCUT2D eigenvalue weighted by Gasteiger charge is 2.54. The summed E-state index contributed by atoms with van der Waals surface area (Å²) in [7, 11) is -3.85. The van der Waals surface area contributed by atoms with E-state index in [0.29, 0.717) is 36.4 Å². The molecule has 5 rings (SSSR count). The number of carbonyl (C=O) groups excluding carboxylic acids is 1. The van der Waals surface area contributed by atoms with Gasteiger partial charge in [-0.15, -0.1) is 0 Å². The number of amides is 1. The fourth-order valence-corrected chi connectivity index (χ4v) is 6.78. The number of benzene rings is 4. The number of aryl methyl sites for hydroxylation is 1. The summed E-state index contributed by atoms with van der Waals surface area (Å²) in [4.78, 5) is 22.3. The van der Waals surface area contributed by atoms with Crippen LogP contribution in [0.25, 0.3) is 10.4 Å². The van der Waals surface area contributed by atoms with E-state index < -0.39 is 33.1 Å². The molecule has 12 nitrogen and oxygen atoms in total. The normalized spacial score (nSPS) is 17.1. The van der Waals surface area contributed by atoms with Gasteiger partial charge in [0.15, 0.2) is 21.5 Å². The van der Waals surface area contributed by atoms with Crippen LogP contribution in [0.4, 0.5) is 5.69 Å². The zero-order valence-electron chi connectivity index (χ0n) is 26.3. The number of nitrogens with one attached hydrogen (secondary N) is 2. The van der Waals surface area contributed by atoms with Crippen molar-refractivity contribution < 1.29 is 27.8 Å². The Morgan fingerprint density at radius 3 is 2.52 bits per heavy atom. The summed E-state index contributed by atoms with van der Waals surface area (Å²) in [5, 5.41) is 12.9. The van der Waals surface area contributed by atoms with E-state index in [1.807, 2.05) is 31.2 Å². The van der Waals surface area contributed by atoms with E-state index in [4.69, 9.17) is 19.6 Å². The molecule has 4 aromatic rings. The number of aliphatic imine (C=N–C) groups is 1. The first-order chi connectivity index (χ1) is 23.3. The highest BCUT2D eigenvalue weighted by Crippen LogP contribution is 2.45. The number of hydrogen-bond acceptors (Lipinski definition) is 9. The molecule has 0 bridgehead atoms. The van der Waals surface area contributed by atoms with E-state index in [-0.39, 0.29) is 29.5 Å². The molecule has 4 aromatic carbocycles. The Bertz CT molecular complexity index is 1910. The Morgan fingerprint density at radius 1 is 1.04 bits per heavy atom. The van der Waals surface area contributed by atoms with Crippen LogP contribution in [0.15, 0.2) is 118 Å². The number of hydrogen-bond donors (Lipinski definition) is 3. The first kappa shape index (κ1) is 34.1. The van der Waals surface area contributed by atoms with Crippen LogP contribution >= 0.6 is 0 Å². The molecule has 0 saturated carbocycles. The number of ether oxygens (including phenoxy) is 2. The maximum Gasteiger partial charge on any atom is 0.266 e. The number of nitrogens with zero attached hydrogens (tertiary/aromatic N) is 4. The van der Waals surface area contributed by atoms with Gasteiger partial charge >= 0.3 is 0 Å². The maximum absolute atomic E-state index is 14.4. The molecule has 0 spiro atoms. The number of hydrazine groups is 1. The van der Waals surface area contributed by atoms with Gasteiger partial charge in [-0.1, -0.05) is 77.4 Å². The molecule has 13 heteroatoms. The zero-order chi connectivity index (χ0) is 34.0. The van der Waals surface area contributed by atoms with Gasteiger partial charge in [-0.05, 0) is 54.4 Å². The Morgan fingerprint density at radius 2 is 1.79 bits per heavy atom. The first-order valence-corrected chi connectivity index (χ1v) is 17.0. The third-order valence-electron chi connectivity index (χ3n) is 7.83. The van der Waals surface area contributed by atoms with E-state index in [1.165, 1.54) is 12.1 Å². The molecule has 0 unspecified atom stereocenters. The number of azide groups is 1. The average Bonchev–Trinajstić information content (AvgIpc) is 3.49. The molecule has 0 aromatic heterocycles.